The quantitative estimate of drug-likeness (QED) is 0.502. The number of amides is 1. The van der Waals surface area contributed by atoms with Crippen molar-refractivity contribution >= 4 is 45.7 Å². The Labute approximate surface area is 164 Å². The number of carbonyl (C=O) groups excluding carboxylic acids is 1. The predicted octanol–water partition coefficient (Wildman–Crippen LogP) is 3.64. The molecule has 0 saturated heterocycles. The van der Waals surface area contributed by atoms with Crippen molar-refractivity contribution < 1.29 is 4.79 Å². The van der Waals surface area contributed by atoms with Crippen LogP contribution in [0.25, 0.3) is 22.4 Å². The van der Waals surface area contributed by atoms with E-state index < -0.39 is 0 Å². The molecule has 0 bridgehead atoms. The lowest BCUT2D eigenvalue weighted by Gasteiger charge is -2.08. The fourth-order valence-electron chi connectivity index (χ4n) is 2.92. The second kappa shape index (κ2) is 7.53. The molecule has 0 aliphatic heterocycles. The molecule has 1 N–H and O–H groups in total. The summed E-state index contributed by atoms with van der Waals surface area (Å²) in [5.74, 6) is 1.01. The van der Waals surface area contributed by atoms with Crippen LogP contribution in [0, 0.1) is 0 Å². The summed E-state index contributed by atoms with van der Waals surface area (Å²) in [5, 5.41) is 16.3. The Morgan fingerprint density at radius 1 is 1.30 bits per heavy atom. The van der Waals surface area contributed by atoms with Crippen molar-refractivity contribution in [2.24, 2.45) is 7.05 Å². The van der Waals surface area contributed by atoms with Crippen molar-refractivity contribution in [2.45, 2.75) is 18.6 Å². The topological polar surface area (TPSA) is 77.6 Å². The number of carbonyl (C=O) groups is 1. The van der Waals surface area contributed by atoms with Gasteiger partial charge in [-0.25, -0.2) is 4.98 Å². The number of nitrogens with one attached hydrogen (secondary N) is 1. The molecule has 0 aliphatic rings. The number of imidazole rings is 1. The molecular weight excluding hydrogens is 380 g/mol. The monoisotopic (exact) mass is 398 g/mol. The van der Waals surface area contributed by atoms with Gasteiger partial charge in [-0.1, -0.05) is 17.8 Å². The van der Waals surface area contributed by atoms with E-state index in [0.717, 1.165) is 39.8 Å². The summed E-state index contributed by atoms with van der Waals surface area (Å²) in [4.78, 5) is 16.8. The average molecular weight is 399 g/mol. The van der Waals surface area contributed by atoms with Crippen LogP contribution in [0.2, 0.25) is 0 Å². The fraction of sp³-hybridized carbons (Fsp3) is 0.222. The Kier molecular flexibility index (Phi) is 4.95. The summed E-state index contributed by atoms with van der Waals surface area (Å²) < 4.78 is 3.93. The number of fused-ring (bicyclic) bond motifs is 1. The normalized spacial score (nSPS) is 11.2. The number of aromatic nitrogens is 5. The molecule has 138 valence electrons. The molecule has 0 fully saturated rings. The van der Waals surface area contributed by atoms with Crippen molar-refractivity contribution in [3.05, 3.63) is 41.4 Å². The third kappa shape index (κ3) is 3.47. The first-order valence-corrected chi connectivity index (χ1v) is 10.4. The molecule has 3 aromatic heterocycles. The van der Waals surface area contributed by atoms with Gasteiger partial charge in [-0.15, -0.1) is 10.2 Å². The maximum absolute atomic E-state index is 12.5. The lowest BCUT2D eigenvalue weighted by atomic mass is 10.2. The van der Waals surface area contributed by atoms with Crippen molar-refractivity contribution in [3.8, 4) is 11.4 Å². The zero-order valence-corrected chi connectivity index (χ0v) is 16.5. The van der Waals surface area contributed by atoms with E-state index in [1.807, 2.05) is 58.1 Å². The van der Waals surface area contributed by atoms with E-state index in [4.69, 9.17) is 0 Å². The second-order valence-electron chi connectivity index (χ2n) is 5.93. The number of benzene rings is 1. The van der Waals surface area contributed by atoms with Gasteiger partial charge < -0.3 is 14.5 Å². The summed E-state index contributed by atoms with van der Waals surface area (Å²) in [5.41, 5.74) is 3.57. The Morgan fingerprint density at radius 2 is 2.19 bits per heavy atom. The molecule has 0 unspecified atom stereocenters. The standard InChI is InChI=1S/C18H18N6OS2/c1-3-24-17(12-7-8-26-9-12)21-22-18(24)27-10-15(25)20-14-6-4-5-13-16(14)23(2)11-19-13/h4-9,11H,3,10H2,1-2H3,(H,20,25). The van der Waals surface area contributed by atoms with E-state index in [9.17, 15) is 4.79 Å². The first-order chi connectivity index (χ1) is 13.2. The number of anilines is 1. The lowest BCUT2D eigenvalue weighted by molar-refractivity contribution is -0.113. The van der Waals surface area contributed by atoms with Crippen LogP contribution in [0.5, 0.6) is 0 Å². The molecule has 1 amide bonds. The van der Waals surface area contributed by atoms with Crippen molar-refractivity contribution in [1.29, 1.82) is 0 Å². The predicted molar refractivity (Wildman–Crippen MR) is 109 cm³/mol. The largest absolute Gasteiger partial charge is 0.332 e. The maximum Gasteiger partial charge on any atom is 0.234 e. The van der Waals surface area contributed by atoms with Crippen LogP contribution in [0.3, 0.4) is 0 Å². The van der Waals surface area contributed by atoms with Gasteiger partial charge >= 0.3 is 0 Å². The van der Waals surface area contributed by atoms with Gasteiger partial charge in [0.15, 0.2) is 11.0 Å². The summed E-state index contributed by atoms with van der Waals surface area (Å²) >= 11 is 3.01. The molecule has 0 spiro atoms. The summed E-state index contributed by atoms with van der Waals surface area (Å²) in [6.07, 6.45) is 1.74. The molecule has 0 aliphatic carbocycles. The summed E-state index contributed by atoms with van der Waals surface area (Å²) in [6, 6.07) is 7.72. The van der Waals surface area contributed by atoms with Gasteiger partial charge in [0.1, 0.15) is 0 Å². The molecule has 4 rings (SSSR count). The van der Waals surface area contributed by atoms with Gasteiger partial charge in [-0.2, -0.15) is 11.3 Å². The molecule has 0 atom stereocenters. The molecule has 9 heteroatoms. The van der Waals surface area contributed by atoms with Crippen molar-refractivity contribution in [2.75, 3.05) is 11.1 Å². The van der Waals surface area contributed by atoms with Crippen LogP contribution >= 0.6 is 23.1 Å². The lowest BCUT2D eigenvalue weighted by Crippen LogP contribution is -2.15. The summed E-state index contributed by atoms with van der Waals surface area (Å²) in [6.45, 7) is 2.79. The van der Waals surface area contributed by atoms with E-state index in [0.29, 0.717) is 0 Å². The minimum Gasteiger partial charge on any atom is -0.332 e. The molecule has 0 saturated carbocycles. The fourth-order valence-corrected chi connectivity index (χ4v) is 4.35. The number of rotatable bonds is 6. The van der Waals surface area contributed by atoms with E-state index in [1.54, 1.807) is 17.7 Å². The van der Waals surface area contributed by atoms with E-state index in [2.05, 4.69) is 20.5 Å². The van der Waals surface area contributed by atoms with Crippen LogP contribution in [0.1, 0.15) is 6.92 Å². The van der Waals surface area contributed by atoms with Gasteiger partial charge in [0.2, 0.25) is 5.91 Å². The van der Waals surface area contributed by atoms with Crippen LogP contribution in [-0.2, 0) is 18.4 Å². The number of aryl methyl sites for hydroxylation is 1. The first-order valence-electron chi connectivity index (χ1n) is 8.46. The Hall–Kier alpha value is -2.65. The van der Waals surface area contributed by atoms with Gasteiger partial charge in [-0.05, 0) is 30.5 Å². The third-order valence-corrected chi connectivity index (χ3v) is 5.81. The van der Waals surface area contributed by atoms with Crippen LogP contribution in [0.15, 0.2) is 46.5 Å². The van der Waals surface area contributed by atoms with E-state index in [1.165, 1.54) is 11.8 Å². The zero-order chi connectivity index (χ0) is 18.8. The smallest absolute Gasteiger partial charge is 0.234 e. The Bertz CT molecular complexity index is 1080. The Balaban J connectivity index is 1.47. The number of hydrogen-bond acceptors (Lipinski definition) is 6. The molecule has 27 heavy (non-hydrogen) atoms. The zero-order valence-electron chi connectivity index (χ0n) is 14.9. The molecule has 3 heterocycles. The highest BCUT2D eigenvalue weighted by atomic mass is 32.2. The maximum atomic E-state index is 12.5. The second-order valence-corrected chi connectivity index (χ2v) is 7.65. The van der Waals surface area contributed by atoms with Crippen molar-refractivity contribution in [1.82, 2.24) is 24.3 Å². The van der Waals surface area contributed by atoms with Crippen LogP contribution in [0.4, 0.5) is 5.69 Å². The highest BCUT2D eigenvalue weighted by molar-refractivity contribution is 7.99. The van der Waals surface area contributed by atoms with Crippen LogP contribution in [-0.4, -0.2) is 36.0 Å². The molecule has 0 radical (unpaired) electrons. The number of nitrogens with zero attached hydrogens (tertiary/aromatic N) is 5. The van der Waals surface area contributed by atoms with E-state index in [-0.39, 0.29) is 11.7 Å². The minimum atomic E-state index is -0.0866. The molecule has 1 aromatic carbocycles. The SMILES string of the molecule is CCn1c(SCC(=O)Nc2cccc3ncn(C)c23)nnc1-c1ccsc1. The number of hydrogen-bond donors (Lipinski definition) is 1. The number of thioether (sulfide) groups is 1. The Morgan fingerprint density at radius 3 is 2.96 bits per heavy atom. The minimum absolute atomic E-state index is 0.0866. The van der Waals surface area contributed by atoms with Crippen LogP contribution < -0.4 is 5.32 Å². The van der Waals surface area contributed by atoms with Gasteiger partial charge in [0.05, 0.1) is 28.8 Å². The third-order valence-electron chi connectivity index (χ3n) is 4.16. The van der Waals surface area contributed by atoms with Crippen molar-refractivity contribution in [3.63, 3.8) is 0 Å². The molecular formula is C18H18N6OS2. The highest BCUT2D eigenvalue weighted by Gasteiger charge is 2.15. The number of para-hydroxylation sites is 1. The first kappa shape index (κ1) is 17.7. The number of thiophene rings is 1. The molecule has 4 aromatic rings. The van der Waals surface area contributed by atoms with E-state index >= 15 is 0 Å². The van der Waals surface area contributed by atoms with Gasteiger partial charge in [0.25, 0.3) is 0 Å². The molecule has 7 nitrogen and oxygen atoms in total. The summed E-state index contributed by atoms with van der Waals surface area (Å²) in [7, 11) is 1.91. The average Bonchev–Trinajstić information content (AvgIpc) is 3.40. The van der Waals surface area contributed by atoms with Gasteiger partial charge in [-0.3, -0.25) is 4.79 Å². The van der Waals surface area contributed by atoms with Gasteiger partial charge in [0, 0.05) is 24.5 Å². The highest BCUT2D eigenvalue weighted by Crippen LogP contribution is 2.26.